The highest BCUT2D eigenvalue weighted by atomic mass is 32.1. The molecule has 0 amide bonds. The number of alkyl halides is 2. The third kappa shape index (κ3) is 3.75. The minimum absolute atomic E-state index is 0.0288. The monoisotopic (exact) mass is 313 g/mol. The Kier molecular flexibility index (Phi) is 4.85. The van der Waals surface area contributed by atoms with Crippen molar-refractivity contribution in [2.45, 2.75) is 20.5 Å². The van der Waals surface area contributed by atoms with Crippen molar-refractivity contribution in [3.8, 4) is 22.1 Å². The van der Waals surface area contributed by atoms with Crippen LogP contribution in [0.3, 0.4) is 0 Å². The van der Waals surface area contributed by atoms with E-state index in [0.29, 0.717) is 22.9 Å². The van der Waals surface area contributed by atoms with Crippen LogP contribution in [-0.2, 0) is 0 Å². The van der Waals surface area contributed by atoms with Crippen LogP contribution < -0.4 is 9.47 Å². The van der Waals surface area contributed by atoms with Gasteiger partial charge >= 0.3 is 6.61 Å². The van der Waals surface area contributed by atoms with Crippen molar-refractivity contribution in [1.29, 1.82) is 0 Å². The number of carbonyl (C=O) groups is 1. The van der Waals surface area contributed by atoms with E-state index in [0.717, 1.165) is 0 Å². The van der Waals surface area contributed by atoms with E-state index in [4.69, 9.17) is 4.74 Å². The average Bonchev–Trinajstić information content (AvgIpc) is 2.90. The van der Waals surface area contributed by atoms with Gasteiger partial charge < -0.3 is 9.47 Å². The number of hydrogen-bond donors (Lipinski definition) is 0. The lowest BCUT2D eigenvalue weighted by molar-refractivity contribution is -0.0514. The number of rotatable bonds is 6. The van der Waals surface area contributed by atoms with Crippen LogP contribution in [-0.4, -0.2) is 24.0 Å². The molecule has 1 aromatic heterocycles. The predicted molar refractivity (Wildman–Crippen MR) is 75.4 cm³/mol. The second-order valence-corrected chi connectivity index (χ2v) is 4.93. The van der Waals surface area contributed by atoms with Crippen LogP contribution in [0.4, 0.5) is 8.78 Å². The predicted octanol–water partition coefficient (Wildman–Crippen LogP) is 4.01. The number of ether oxygens (including phenoxy) is 2. The summed E-state index contributed by atoms with van der Waals surface area (Å²) < 4.78 is 34.4. The van der Waals surface area contributed by atoms with Crippen molar-refractivity contribution in [1.82, 2.24) is 4.98 Å². The second-order valence-electron chi connectivity index (χ2n) is 4.07. The van der Waals surface area contributed by atoms with E-state index >= 15 is 0 Å². The van der Waals surface area contributed by atoms with E-state index in [2.05, 4.69) is 9.72 Å². The van der Waals surface area contributed by atoms with Gasteiger partial charge in [0.05, 0.1) is 6.61 Å². The van der Waals surface area contributed by atoms with Crippen LogP contribution in [0, 0.1) is 0 Å². The Morgan fingerprint density at radius 1 is 1.38 bits per heavy atom. The summed E-state index contributed by atoms with van der Waals surface area (Å²) in [5.74, 6) is 0.0639. The van der Waals surface area contributed by atoms with Crippen molar-refractivity contribution in [3.63, 3.8) is 0 Å². The lowest BCUT2D eigenvalue weighted by Crippen LogP contribution is -2.04. The molecule has 0 aliphatic heterocycles. The summed E-state index contributed by atoms with van der Waals surface area (Å²) in [6.45, 7) is 0.582. The minimum atomic E-state index is -2.92. The van der Waals surface area contributed by atoms with E-state index in [1.807, 2.05) is 0 Å². The van der Waals surface area contributed by atoms with Crippen LogP contribution in [0.1, 0.15) is 24.3 Å². The van der Waals surface area contributed by atoms with Crippen molar-refractivity contribution >= 4 is 17.1 Å². The van der Waals surface area contributed by atoms with Crippen molar-refractivity contribution < 1.29 is 23.0 Å². The van der Waals surface area contributed by atoms with Crippen LogP contribution in [0.2, 0.25) is 0 Å². The highest BCUT2D eigenvalue weighted by Gasteiger charge is 2.14. The van der Waals surface area contributed by atoms with E-state index in [1.54, 1.807) is 24.4 Å². The Bertz CT molecular complexity index is 643. The summed E-state index contributed by atoms with van der Waals surface area (Å²) in [7, 11) is 0. The molecule has 0 bridgehead atoms. The van der Waals surface area contributed by atoms with Gasteiger partial charge in [0.1, 0.15) is 10.7 Å². The molecule has 21 heavy (non-hydrogen) atoms. The summed E-state index contributed by atoms with van der Waals surface area (Å²) in [6, 6.07) is 4.58. The third-order valence-corrected chi connectivity index (χ3v) is 3.46. The summed E-state index contributed by atoms with van der Waals surface area (Å²) in [5, 5.41) is 2.27. The zero-order valence-electron chi connectivity index (χ0n) is 11.4. The molecule has 0 spiro atoms. The van der Waals surface area contributed by atoms with Gasteiger partial charge in [0.15, 0.2) is 17.3 Å². The number of nitrogens with zero attached hydrogens (tertiary/aromatic N) is 1. The molecule has 7 heteroatoms. The van der Waals surface area contributed by atoms with Crippen molar-refractivity contribution in [2.75, 3.05) is 6.61 Å². The van der Waals surface area contributed by atoms with Gasteiger partial charge in [0, 0.05) is 17.9 Å². The summed E-state index contributed by atoms with van der Waals surface area (Å²) >= 11 is 1.30. The van der Waals surface area contributed by atoms with E-state index in [9.17, 15) is 13.6 Å². The molecule has 0 aliphatic carbocycles. The zero-order valence-corrected chi connectivity index (χ0v) is 12.2. The fraction of sp³-hybridized carbons (Fsp3) is 0.286. The first-order chi connectivity index (χ1) is 10.0. The fourth-order valence-electron chi connectivity index (χ4n) is 1.67. The molecule has 0 unspecified atom stereocenters. The van der Waals surface area contributed by atoms with Crippen LogP contribution in [0.25, 0.3) is 10.6 Å². The zero-order chi connectivity index (χ0) is 15.4. The van der Waals surface area contributed by atoms with Gasteiger partial charge in [0.2, 0.25) is 0 Å². The summed E-state index contributed by atoms with van der Waals surface area (Å²) in [6.07, 6.45) is 0. The molecular formula is C14H13F2NO3S. The molecule has 0 saturated carbocycles. The number of hydrogen-bond acceptors (Lipinski definition) is 5. The van der Waals surface area contributed by atoms with Crippen LogP contribution in [0.5, 0.6) is 11.5 Å². The Labute approximate surface area is 124 Å². The molecule has 2 rings (SSSR count). The standard InChI is InChI=1S/C14H13F2NO3S/c1-3-19-12-6-9(4-5-11(12)20-14(15)16)13-17-10(7-21-13)8(2)18/h4-7,14H,3H2,1-2H3. The molecule has 1 heterocycles. The number of Topliss-reactive ketones (excluding diaryl/α,β-unsaturated/α-hetero) is 1. The molecule has 2 aromatic rings. The third-order valence-electron chi connectivity index (χ3n) is 2.57. The number of carbonyl (C=O) groups excluding carboxylic acids is 1. The number of halogens is 2. The lowest BCUT2D eigenvalue weighted by Gasteiger charge is -2.12. The SMILES string of the molecule is CCOc1cc(-c2nc(C(C)=O)cs2)ccc1OC(F)F. The molecule has 0 atom stereocenters. The number of thiazole rings is 1. The first-order valence-electron chi connectivity index (χ1n) is 6.19. The number of aromatic nitrogens is 1. The molecule has 1 aromatic carbocycles. The van der Waals surface area contributed by atoms with Gasteiger partial charge in [-0.3, -0.25) is 4.79 Å². The van der Waals surface area contributed by atoms with Crippen molar-refractivity contribution in [3.05, 3.63) is 29.3 Å². The largest absolute Gasteiger partial charge is 0.490 e. The highest BCUT2D eigenvalue weighted by molar-refractivity contribution is 7.13. The normalized spacial score (nSPS) is 10.7. The van der Waals surface area contributed by atoms with Gasteiger partial charge in [-0.05, 0) is 25.1 Å². The topological polar surface area (TPSA) is 48.4 Å². The van der Waals surface area contributed by atoms with Gasteiger partial charge in [-0.25, -0.2) is 4.98 Å². The summed E-state index contributed by atoms with van der Waals surface area (Å²) in [5.41, 5.74) is 1.05. The fourth-order valence-corrected chi connectivity index (χ4v) is 2.53. The smallest absolute Gasteiger partial charge is 0.387 e. The summed E-state index contributed by atoms with van der Waals surface area (Å²) in [4.78, 5) is 15.4. The van der Waals surface area contributed by atoms with Gasteiger partial charge in [-0.2, -0.15) is 8.78 Å². The number of benzene rings is 1. The van der Waals surface area contributed by atoms with Gasteiger partial charge in [0.25, 0.3) is 0 Å². The molecular weight excluding hydrogens is 300 g/mol. The van der Waals surface area contributed by atoms with Crippen LogP contribution >= 0.6 is 11.3 Å². The van der Waals surface area contributed by atoms with Gasteiger partial charge in [-0.15, -0.1) is 11.3 Å². The Morgan fingerprint density at radius 2 is 2.14 bits per heavy atom. The van der Waals surface area contributed by atoms with E-state index in [1.165, 1.54) is 24.3 Å². The Balaban J connectivity index is 2.35. The highest BCUT2D eigenvalue weighted by Crippen LogP contribution is 2.34. The van der Waals surface area contributed by atoms with E-state index < -0.39 is 6.61 Å². The molecule has 0 fully saturated rings. The maximum absolute atomic E-state index is 12.3. The van der Waals surface area contributed by atoms with Crippen LogP contribution in [0.15, 0.2) is 23.6 Å². The Morgan fingerprint density at radius 3 is 2.71 bits per heavy atom. The maximum Gasteiger partial charge on any atom is 0.387 e. The van der Waals surface area contributed by atoms with Gasteiger partial charge in [-0.1, -0.05) is 0 Å². The quantitative estimate of drug-likeness (QED) is 0.756. The molecule has 112 valence electrons. The minimum Gasteiger partial charge on any atom is -0.490 e. The molecule has 0 saturated heterocycles. The average molecular weight is 313 g/mol. The van der Waals surface area contributed by atoms with E-state index in [-0.39, 0.29) is 17.3 Å². The number of ketones is 1. The first-order valence-corrected chi connectivity index (χ1v) is 7.07. The first kappa shape index (κ1) is 15.4. The maximum atomic E-state index is 12.3. The molecule has 0 radical (unpaired) electrons. The van der Waals surface area contributed by atoms with Crippen molar-refractivity contribution in [2.24, 2.45) is 0 Å². The molecule has 0 aliphatic rings. The Hall–Kier alpha value is -2.02. The second kappa shape index (κ2) is 6.62. The molecule has 4 nitrogen and oxygen atoms in total. The molecule has 0 N–H and O–H groups in total. The lowest BCUT2D eigenvalue weighted by atomic mass is 10.2.